The maximum Gasteiger partial charge on any atom is 0.119 e. The van der Waals surface area contributed by atoms with Crippen molar-refractivity contribution in [1.82, 2.24) is 0 Å². The predicted molar refractivity (Wildman–Crippen MR) is 227 cm³/mol. The molecule has 4 nitrogen and oxygen atoms in total. The molecule has 0 saturated heterocycles. The standard InChI is InChI=1S/C46H46Br2N2O2/c1-3-5-7-33-51-45-29-25-43(26-30-45)49(41-21-13-37(47)14-22-41)39-17-9-35(10-18-39)36-11-19-40(20-12-36)50(42-23-15-38(48)16-24-42)44-27-31-46(32-28-44)52-34-8-6-4-2/h9-32H,3-8,33-34H2,1-2H3. The Morgan fingerprint density at radius 2 is 0.635 bits per heavy atom. The van der Waals surface area contributed by atoms with E-state index in [1.807, 2.05) is 0 Å². The van der Waals surface area contributed by atoms with Crippen LogP contribution in [-0.4, -0.2) is 13.2 Å². The first kappa shape index (κ1) is 37.2. The Kier molecular flexibility index (Phi) is 13.5. The highest BCUT2D eigenvalue weighted by molar-refractivity contribution is 9.10. The number of unbranched alkanes of at least 4 members (excludes halogenated alkanes) is 4. The molecule has 0 radical (unpaired) electrons. The summed E-state index contributed by atoms with van der Waals surface area (Å²) >= 11 is 7.20. The lowest BCUT2D eigenvalue weighted by Crippen LogP contribution is -2.10. The zero-order valence-corrected chi connectivity index (χ0v) is 33.2. The maximum absolute atomic E-state index is 6.00. The zero-order valence-electron chi connectivity index (χ0n) is 30.0. The first-order valence-electron chi connectivity index (χ1n) is 18.3. The first-order chi connectivity index (χ1) is 25.5. The van der Waals surface area contributed by atoms with E-state index >= 15 is 0 Å². The third-order valence-corrected chi connectivity index (χ3v) is 10.0. The molecule has 0 amide bonds. The van der Waals surface area contributed by atoms with E-state index in [0.717, 1.165) is 91.8 Å². The van der Waals surface area contributed by atoms with Gasteiger partial charge in [-0.05, 0) is 145 Å². The molecule has 6 aromatic carbocycles. The highest BCUT2D eigenvalue weighted by Crippen LogP contribution is 2.39. The molecular formula is C46H46Br2N2O2. The lowest BCUT2D eigenvalue weighted by Gasteiger charge is -2.26. The molecule has 6 heteroatoms. The molecule has 6 rings (SSSR count). The number of benzene rings is 6. The number of ether oxygens (including phenoxy) is 2. The van der Waals surface area contributed by atoms with E-state index in [2.05, 4.69) is 201 Å². The minimum Gasteiger partial charge on any atom is -0.494 e. The van der Waals surface area contributed by atoms with Gasteiger partial charge < -0.3 is 19.3 Å². The van der Waals surface area contributed by atoms with Gasteiger partial charge in [0.05, 0.1) is 13.2 Å². The van der Waals surface area contributed by atoms with Gasteiger partial charge in [-0.3, -0.25) is 0 Å². The van der Waals surface area contributed by atoms with Crippen molar-refractivity contribution < 1.29 is 9.47 Å². The molecule has 0 spiro atoms. The van der Waals surface area contributed by atoms with Gasteiger partial charge in [0.25, 0.3) is 0 Å². The summed E-state index contributed by atoms with van der Waals surface area (Å²) < 4.78 is 14.1. The van der Waals surface area contributed by atoms with Crippen LogP contribution in [0.4, 0.5) is 34.1 Å². The van der Waals surface area contributed by atoms with Crippen LogP contribution < -0.4 is 19.3 Å². The maximum atomic E-state index is 6.00. The normalized spacial score (nSPS) is 10.9. The van der Waals surface area contributed by atoms with E-state index in [1.165, 1.54) is 25.7 Å². The third-order valence-electron chi connectivity index (χ3n) is 8.98. The summed E-state index contributed by atoms with van der Waals surface area (Å²) in [5.41, 5.74) is 8.79. The molecule has 0 aromatic heterocycles. The van der Waals surface area contributed by atoms with Crippen LogP contribution in [0.5, 0.6) is 11.5 Å². The summed E-state index contributed by atoms with van der Waals surface area (Å²) in [6.07, 6.45) is 6.89. The highest BCUT2D eigenvalue weighted by Gasteiger charge is 2.15. The van der Waals surface area contributed by atoms with Gasteiger partial charge in [-0.1, -0.05) is 95.7 Å². The van der Waals surface area contributed by atoms with Gasteiger partial charge in [0, 0.05) is 43.1 Å². The minimum absolute atomic E-state index is 0.746. The molecule has 266 valence electrons. The number of hydrogen-bond donors (Lipinski definition) is 0. The predicted octanol–water partition coefficient (Wildman–Crippen LogP) is 15.0. The van der Waals surface area contributed by atoms with Crippen molar-refractivity contribution >= 4 is 66.0 Å². The molecule has 0 bridgehead atoms. The Hall–Kier alpha value is -4.52. The Bertz CT molecular complexity index is 1800. The first-order valence-corrected chi connectivity index (χ1v) is 19.9. The fraction of sp³-hybridized carbons (Fsp3) is 0.217. The van der Waals surface area contributed by atoms with E-state index in [1.54, 1.807) is 0 Å². The second-order valence-corrected chi connectivity index (χ2v) is 14.6. The summed E-state index contributed by atoms with van der Waals surface area (Å²) in [6.45, 7) is 5.91. The Morgan fingerprint density at radius 1 is 0.365 bits per heavy atom. The fourth-order valence-corrected chi connectivity index (χ4v) is 6.68. The summed E-state index contributed by atoms with van der Waals surface area (Å²) in [5.74, 6) is 1.80. The molecule has 0 fully saturated rings. The van der Waals surface area contributed by atoms with Crippen molar-refractivity contribution in [3.05, 3.63) is 155 Å². The van der Waals surface area contributed by atoms with E-state index in [9.17, 15) is 0 Å². The van der Waals surface area contributed by atoms with Gasteiger partial charge in [0.15, 0.2) is 0 Å². The van der Waals surface area contributed by atoms with Crippen molar-refractivity contribution in [2.24, 2.45) is 0 Å². The molecule has 6 aromatic rings. The van der Waals surface area contributed by atoms with Crippen molar-refractivity contribution in [2.75, 3.05) is 23.0 Å². The van der Waals surface area contributed by atoms with E-state index < -0.39 is 0 Å². The number of rotatable bonds is 17. The Morgan fingerprint density at radius 3 is 0.923 bits per heavy atom. The quantitative estimate of drug-likeness (QED) is 0.0856. The van der Waals surface area contributed by atoms with Crippen LogP contribution >= 0.6 is 31.9 Å². The van der Waals surface area contributed by atoms with Gasteiger partial charge in [-0.15, -0.1) is 0 Å². The Balaban J connectivity index is 1.23. The molecule has 0 unspecified atom stereocenters. The number of halogens is 2. The highest BCUT2D eigenvalue weighted by atomic mass is 79.9. The van der Waals surface area contributed by atoms with Crippen molar-refractivity contribution in [1.29, 1.82) is 0 Å². The molecule has 52 heavy (non-hydrogen) atoms. The van der Waals surface area contributed by atoms with Gasteiger partial charge in [0.2, 0.25) is 0 Å². The molecular weight excluding hydrogens is 772 g/mol. The number of hydrogen-bond acceptors (Lipinski definition) is 4. The van der Waals surface area contributed by atoms with Gasteiger partial charge in [0.1, 0.15) is 11.5 Å². The zero-order chi connectivity index (χ0) is 36.1. The molecule has 0 aliphatic rings. The Labute approximate surface area is 326 Å². The van der Waals surface area contributed by atoms with E-state index in [4.69, 9.17) is 9.47 Å². The van der Waals surface area contributed by atoms with Crippen LogP contribution in [0.3, 0.4) is 0 Å². The monoisotopic (exact) mass is 816 g/mol. The largest absolute Gasteiger partial charge is 0.494 e. The molecule has 0 atom stereocenters. The molecule has 0 heterocycles. The lowest BCUT2D eigenvalue weighted by atomic mass is 10.0. The van der Waals surface area contributed by atoms with Crippen LogP contribution in [0, 0.1) is 0 Å². The van der Waals surface area contributed by atoms with Gasteiger partial charge in [-0.2, -0.15) is 0 Å². The average molecular weight is 819 g/mol. The second-order valence-electron chi connectivity index (χ2n) is 12.8. The van der Waals surface area contributed by atoms with Gasteiger partial charge in [-0.25, -0.2) is 0 Å². The third kappa shape index (κ3) is 9.87. The van der Waals surface area contributed by atoms with E-state index in [-0.39, 0.29) is 0 Å². The molecule has 0 aliphatic carbocycles. The summed E-state index contributed by atoms with van der Waals surface area (Å²) in [6, 6.07) is 51.3. The fourth-order valence-electron chi connectivity index (χ4n) is 6.15. The smallest absolute Gasteiger partial charge is 0.119 e. The molecule has 0 aliphatic heterocycles. The lowest BCUT2D eigenvalue weighted by molar-refractivity contribution is 0.306. The minimum atomic E-state index is 0.746. The topological polar surface area (TPSA) is 24.9 Å². The van der Waals surface area contributed by atoms with Crippen molar-refractivity contribution in [2.45, 2.75) is 52.4 Å². The summed E-state index contributed by atoms with van der Waals surface area (Å²) in [5, 5.41) is 0. The van der Waals surface area contributed by atoms with Gasteiger partial charge >= 0.3 is 0 Å². The summed E-state index contributed by atoms with van der Waals surface area (Å²) in [4.78, 5) is 4.55. The second kappa shape index (κ2) is 18.8. The van der Waals surface area contributed by atoms with Crippen LogP contribution in [0.2, 0.25) is 0 Å². The van der Waals surface area contributed by atoms with Crippen molar-refractivity contribution in [3.8, 4) is 22.6 Å². The SMILES string of the molecule is CCCCCOc1ccc(N(c2ccc(Br)cc2)c2ccc(-c3ccc(N(c4ccc(Br)cc4)c4ccc(OCCCCC)cc4)cc3)cc2)cc1. The van der Waals surface area contributed by atoms with Crippen LogP contribution in [0.15, 0.2) is 155 Å². The molecule has 0 saturated carbocycles. The van der Waals surface area contributed by atoms with Crippen molar-refractivity contribution in [3.63, 3.8) is 0 Å². The summed E-state index contributed by atoms with van der Waals surface area (Å²) in [7, 11) is 0. The molecule has 0 N–H and O–H groups in total. The van der Waals surface area contributed by atoms with E-state index in [0.29, 0.717) is 0 Å². The number of anilines is 6. The average Bonchev–Trinajstić information content (AvgIpc) is 3.18. The van der Waals surface area contributed by atoms with Crippen LogP contribution in [0.25, 0.3) is 11.1 Å². The van der Waals surface area contributed by atoms with Crippen LogP contribution in [-0.2, 0) is 0 Å². The van der Waals surface area contributed by atoms with Crippen LogP contribution in [0.1, 0.15) is 52.4 Å². The number of nitrogens with zero attached hydrogens (tertiary/aromatic N) is 2.